The van der Waals surface area contributed by atoms with Gasteiger partial charge in [-0.2, -0.15) is 5.10 Å². The maximum Gasteiger partial charge on any atom is 0.265 e. The summed E-state index contributed by atoms with van der Waals surface area (Å²) in [6.07, 6.45) is 0. The van der Waals surface area contributed by atoms with Gasteiger partial charge in [-0.1, -0.05) is 53.5 Å². The third-order valence-electron chi connectivity index (χ3n) is 6.03. The van der Waals surface area contributed by atoms with Crippen molar-refractivity contribution < 1.29 is 9.69 Å². The van der Waals surface area contributed by atoms with E-state index in [9.17, 15) is 4.79 Å². The van der Waals surface area contributed by atoms with Crippen molar-refractivity contribution in [2.75, 3.05) is 32.7 Å². The zero-order chi connectivity index (χ0) is 22.2. The molecule has 1 aliphatic heterocycles. The number of para-hydroxylation sites is 1. The van der Waals surface area contributed by atoms with Gasteiger partial charge in [0, 0.05) is 10.6 Å². The van der Waals surface area contributed by atoms with E-state index in [-0.39, 0.29) is 5.91 Å². The van der Waals surface area contributed by atoms with Crippen LogP contribution in [0, 0.1) is 0 Å². The average Bonchev–Trinajstić information content (AvgIpc) is 3.37. The van der Waals surface area contributed by atoms with Gasteiger partial charge in [0.1, 0.15) is 15.4 Å². The fourth-order valence-electron chi connectivity index (χ4n) is 4.16. The van der Waals surface area contributed by atoms with Gasteiger partial charge in [0.25, 0.3) is 5.91 Å². The number of benzene rings is 2. The molecule has 3 heterocycles. The first-order chi connectivity index (χ1) is 15.6. The standard InChI is InChI=1S/C24H22Cl2N4OS/c1-2-28-12-14-29(15-13-28)23(31)22-20(26)19-21(16-8-10-17(25)11-9-16)27-30(24(19)32-22)18-6-4-3-5-7-18/h3-11H,2,12-15H2,1H3/p+1. The molecule has 5 rings (SSSR count). The zero-order valence-corrected chi connectivity index (χ0v) is 20.0. The van der Waals surface area contributed by atoms with Crippen molar-refractivity contribution in [3.8, 4) is 16.9 Å². The Balaban J connectivity index is 1.63. The van der Waals surface area contributed by atoms with Gasteiger partial charge in [-0.25, -0.2) is 4.68 Å². The number of fused-ring (bicyclic) bond motifs is 1. The summed E-state index contributed by atoms with van der Waals surface area (Å²) in [5.41, 5.74) is 2.59. The minimum absolute atomic E-state index is 0.00743. The van der Waals surface area contributed by atoms with E-state index in [1.54, 1.807) is 0 Å². The van der Waals surface area contributed by atoms with E-state index < -0.39 is 0 Å². The fourth-order valence-corrected chi connectivity index (χ4v) is 5.86. The van der Waals surface area contributed by atoms with E-state index in [0.29, 0.717) is 14.9 Å². The number of hydrogen-bond donors (Lipinski definition) is 1. The number of carbonyl (C=O) groups is 1. The van der Waals surface area contributed by atoms with Crippen LogP contribution < -0.4 is 4.90 Å². The first kappa shape index (κ1) is 21.5. The smallest absolute Gasteiger partial charge is 0.265 e. The second-order valence-electron chi connectivity index (χ2n) is 7.92. The highest BCUT2D eigenvalue weighted by Crippen LogP contribution is 2.42. The number of quaternary nitrogens is 1. The van der Waals surface area contributed by atoms with Gasteiger partial charge >= 0.3 is 0 Å². The van der Waals surface area contributed by atoms with Crippen LogP contribution in [0.5, 0.6) is 0 Å². The molecule has 5 nitrogen and oxygen atoms in total. The Labute approximate surface area is 200 Å². The number of piperazine rings is 1. The van der Waals surface area contributed by atoms with Crippen LogP contribution in [0.3, 0.4) is 0 Å². The quantitative estimate of drug-likeness (QED) is 0.464. The Morgan fingerprint density at radius 1 is 1.06 bits per heavy atom. The summed E-state index contributed by atoms with van der Waals surface area (Å²) in [7, 11) is 0. The molecule has 164 valence electrons. The van der Waals surface area contributed by atoms with Crippen molar-refractivity contribution in [2.24, 2.45) is 0 Å². The van der Waals surface area contributed by atoms with Crippen LogP contribution in [-0.2, 0) is 0 Å². The van der Waals surface area contributed by atoms with Gasteiger partial charge in [0.2, 0.25) is 0 Å². The minimum Gasteiger partial charge on any atom is -0.332 e. The first-order valence-corrected chi connectivity index (χ1v) is 12.3. The van der Waals surface area contributed by atoms with Crippen LogP contribution in [-0.4, -0.2) is 53.3 Å². The van der Waals surface area contributed by atoms with Crippen LogP contribution in [0.15, 0.2) is 54.6 Å². The Morgan fingerprint density at radius 3 is 2.41 bits per heavy atom. The van der Waals surface area contributed by atoms with Crippen molar-refractivity contribution in [1.29, 1.82) is 0 Å². The number of aromatic nitrogens is 2. The second-order valence-corrected chi connectivity index (χ2v) is 9.74. The number of thiophene rings is 1. The van der Waals surface area contributed by atoms with Crippen molar-refractivity contribution >= 4 is 50.7 Å². The van der Waals surface area contributed by atoms with Crippen molar-refractivity contribution in [1.82, 2.24) is 14.7 Å². The first-order valence-electron chi connectivity index (χ1n) is 10.7. The van der Waals surface area contributed by atoms with Crippen molar-refractivity contribution in [3.63, 3.8) is 0 Å². The normalized spacial score (nSPS) is 14.9. The van der Waals surface area contributed by atoms with Crippen molar-refractivity contribution in [2.45, 2.75) is 6.92 Å². The maximum atomic E-state index is 13.4. The highest BCUT2D eigenvalue weighted by molar-refractivity contribution is 7.21. The van der Waals surface area contributed by atoms with E-state index >= 15 is 0 Å². The molecular weight excluding hydrogens is 463 g/mol. The summed E-state index contributed by atoms with van der Waals surface area (Å²) >= 11 is 14.4. The molecule has 32 heavy (non-hydrogen) atoms. The molecule has 0 radical (unpaired) electrons. The Bertz CT molecular complexity index is 1260. The molecule has 4 aromatic rings. The van der Waals surface area contributed by atoms with E-state index in [0.717, 1.165) is 59.9 Å². The lowest BCUT2D eigenvalue weighted by Gasteiger charge is -2.31. The molecule has 1 saturated heterocycles. The second kappa shape index (κ2) is 8.87. The molecule has 0 unspecified atom stereocenters. The predicted molar refractivity (Wildman–Crippen MR) is 132 cm³/mol. The maximum absolute atomic E-state index is 13.4. The van der Waals surface area contributed by atoms with E-state index in [1.807, 2.05) is 64.2 Å². The number of amides is 1. The number of nitrogens with zero attached hydrogens (tertiary/aromatic N) is 3. The molecule has 1 amide bonds. The van der Waals surface area contributed by atoms with Crippen LogP contribution >= 0.6 is 34.5 Å². The molecule has 2 aromatic heterocycles. The van der Waals surface area contributed by atoms with Gasteiger partial charge in [-0.15, -0.1) is 11.3 Å². The van der Waals surface area contributed by atoms with Gasteiger partial charge in [-0.3, -0.25) is 4.79 Å². The van der Waals surface area contributed by atoms with Gasteiger partial charge < -0.3 is 9.80 Å². The molecule has 0 spiro atoms. The fraction of sp³-hybridized carbons (Fsp3) is 0.250. The highest BCUT2D eigenvalue weighted by atomic mass is 35.5. The lowest BCUT2D eigenvalue weighted by atomic mass is 10.1. The molecule has 1 N–H and O–H groups in total. The van der Waals surface area contributed by atoms with Crippen molar-refractivity contribution in [3.05, 3.63) is 69.5 Å². The summed E-state index contributed by atoms with van der Waals surface area (Å²) in [4.78, 5) is 18.3. The SMILES string of the molecule is CC[NH+]1CCN(C(=O)c2sc3c(c(-c4ccc(Cl)cc4)nn3-c3ccccc3)c2Cl)CC1. The predicted octanol–water partition coefficient (Wildman–Crippen LogP) is 4.42. The number of carbonyl (C=O) groups excluding carboxylic acids is 1. The largest absolute Gasteiger partial charge is 0.332 e. The number of likely N-dealkylation sites (N-methyl/N-ethyl adjacent to an activating group) is 1. The summed E-state index contributed by atoms with van der Waals surface area (Å²) in [6.45, 7) is 6.71. The number of rotatable bonds is 4. The van der Waals surface area contributed by atoms with E-state index in [1.165, 1.54) is 16.2 Å². The van der Waals surface area contributed by atoms with Crippen LogP contribution in [0.25, 0.3) is 27.2 Å². The molecule has 0 aliphatic carbocycles. The molecule has 0 saturated carbocycles. The van der Waals surface area contributed by atoms with Crippen LogP contribution in [0.1, 0.15) is 16.6 Å². The summed E-state index contributed by atoms with van der Waals surface area (Å²) in [5, 5.41) is 6.83. The molecule has 1 fully saturated rings. The Hall–Kier alpha value is -2.38. The number of nitrogens with one attached hydrogen (secondary N) is 1. The zero-order valence-electron chi connectivity index (χ0n) is 17.6. The number of hydrogen-bond acceptors (Lipinski definition) is 3. The van der Waals surface area contributed by atoms with E-state index in [2.05, 4.69) is 6.92 Å². The van der Waals surface area contributed by atoms with E-state index in [4.69, 9.17) is 28.3 Å². The third-order valence-corrected chi connectivity index (χ3v) is 7.93. The Morgan fingerprint density at radius 2 is 1.75 bits per heavy atom. The molecule has 8 heteroatoms. The monoisotopic (exact) mass is 485 g/mol. The highest BCUT2D eigenvalue weighted by Gasteiger charge is 2.30. The molecule has 2 aromatic carbocycles. The van der Waals surface area contributed by atoms with Gasteiger partial charge in [0.15, 0.2) is 0 Å². The summed E-state index contributed by atoms with van der Waals surface area (Å²) in [6, 6.07) is 17.5. The molecular formula is C24H23Cl2N4OS+. The van der Waals surface area contributed by atoms with Gasteiger partial charge in [-0.05, 0) is 31.2 Å². The molecule has 0 atom stereocenters. The lowest BCUT2D eigenvalue weighted by Crippen LogP contribution is -3.14. The average molecular weight is 486 g/mol. The molecule has 1 aliphatic rings. The molecule has 0 bridgehead atoms. The number of halogens is 2. The lowest BCUT2D eigenvalue weighted by molar-refractivity contribution is -0.902. The topological polar surface area (TPSA) is 42.6 Å². The van der Waals surface area contributed by atoms with Gasteiger partial charge in [0.05, 0.1) is 48.8 Å². The van der Waals surface area contributed by atoms with Crippen LogP contribution in [0.2, 0.25) is 10.0 Å². The van der Waals surface area contributed by atoms with Crippen LogP contribution in [0.4, 0.5) is 0 Å². The summed E-state index contributed by atoms with van der Waals surface area (Å²) in [5.74, 6) is 0.00743. The summed E-state index contributed by atoms with van der Waals surface area (Å²) < 4.78 is 1.88. The Kier molecular flexibility index (Phi) is 5.95. The minimum atomic E-state index is 0.00743. The third kappa shape index (κ3) is 3.82.